The maximum absolute atomic E-state index is 9.95. The lowest BCUT2D eigenvalue weighted by Crippen LogP contribution is -2.10. The molecule has 0 aliphatic carbocycles. The Hall–Kier alpha value is -0.510. The van der Waals surface area contributed by atoms with E-state index < -0.39 is 5.37 Å². The Morgan fingerprint density at radius 1 is 1.88 bits per heavy atom. The van der Waals surface area contributed by atoms with Crippen LogP contribution in [0, 0.1) is 10.1 Å². The summed E-state index contributed by atoms with van der Waals surface area (Å²) in [6.07, 6.45) is 2.40. The van der Waals surface area contributed by atoms with Crippen molar-refractivity contribution in [2.24, 2.45) is 0 Å². The number of nitrogens with zero attached hydrogens (tertiary/aromatic N) is 1. The summed E-state index contributed by atoms with van der Waals surface area (Å²) in [4.78, 5) is 9.69. The van der Waals surface area contributed by atoms with Gasteiger partial charge in [-0.15, -0.1) is 0 Å². The predicted molar refractivity (Wildman–Crippen MR) is 32.1 cm³/mol. The first-order valence-electron chi connectivity index (χ1n) is 2.24. The monoisotopic (exact) mass is 131 g/mol. The molecule has 44 valence electrons. The molecule has 1 unspecified atom stereocenters. The van der Waals surface area contributed by atoms with Gasteiger partial charge in [0.25, 0.3) is 5.37 Å². The molecule has 0 aromatic carbocycles. The summed E-state index contributed by atoms with van der Waals surface area (Å²) in [5.74, 6) is 0. The standard InChI is InChI=1S/C4H5NO2S/c6-5(7)4-2-1-3-8-4/h1,3-4H,2H2. The molecule has 1 atom stereocenters. The second-order valence-electron chi connectivity index (χ2n) is 1.48. The summed E-state index contributed by atoms with van der Waals surface area (Å²) >= 11 is 1.27. The third-order valence-corrected chi connectivity index (χ3v) is 1.93. The van der Waals surface area contributed by atoms with Gasteiger partial charge in [0.1, 0.15) is 0 Å². The molecule has 0 radical (unpaired) electrons. The summed E-state index contributed by atoms with van der Waals surface area (Å²) in [5, 5.41) is 11.3. The second-order valence-corrected chi connectivity index (χ2v) is 2.57. The van der Waals surface area contributed by atoms with Crippen LogP contribution in [-0.4, -0.2) is 10.3 Å². The lowest BCUT2D eigenvalue weighted by molar-refractivity contribution is -0.493. The highest BCUT2D eigenvalue weighted by atomic mass is 32.2. The molecule has 4 heteroatoms. The highest BCUT2D eigenvalue weighted by Crippen LogP contribution is 2.23. The minimum Gasteiger partial charge on any atom is -0.263 e. The largest absolute Gasteiger partial charge is 0.265 e. The van der Waals surface area contributed by atoms with Gasteiger partial charge in [-0.3, -0.25) is 10.1 Å². The minimum atomic E-state index is -0.407. The van der Waals surface area contributed by atoms with E-state index in [1.165, 1.54) is 11.8 Å². The van der Waals surface area contributed by atoms with Crippen LogP contribution in [-0.2, 0) is 0 Å². The molecule has 0 aromatic heterocycles. The molecular formula is C4H5NO2S. The van der Waals surface area contributed by atoms with Crippen molar-refractivity contribution in [1.29, 1.82) is 0 Å². The van der Waals surface area contributed by atoms with Crippen LogP contribution in [0.5, 0.6) is 0 Å². The van der Waals surface area contributed by atoms with E-state index >= 15 is 0 Å². The molecule has 3 nitrogen and oxygen atoms in total. The van der Waals surface area contributed by atoms with Crippen molar-refractivity contribution < 1.29 is 4.92 Å². The van der Waals surface area contributed by atoms with Gasteiger partial charge in [0.05, 0.1) is 0 Å². The quantitative estimate of drug-likeness (QED) is 0.397. The van der Waals surface area contributed by atoms with Crippen LogP contribution in [0.1, 0.15) is 6.42 Å². The van der Waals surface area contributed by atoms with Crippen LogP contribution in [0.2, 0.25) is 0 Å². The Morgan fingerprint density at radius 3 is 2.88 bits per heavy atom. The van der Waals surface area contributed by atoms with Gasteiger partial charge < -0.3 is 0 Å². The first-order valence-corrected chi connectivity index (χ1v) is 3.19. The van der Waals surface area contributed by atoms with Gasteiger partial charge in [-0.2, -0.15) is 0 Å². The van der Waals surface area contributed by atoms with Crippen molar-refractivity contribution in [1.82, 2.24) is 0 Å². The maximum atomic E-state index is 9.95. The van der Waals surface area contributed by atoms with E-state index in [0.29, 0.717) is 6.42 Å². The van der Waals surface area contributed by atoms with Gasteiger partial charge in [-0.05, 0) is 5.41 Å². The Balaban J connectivity index is 2.41. The predicted octanol–water partition coefficient (Wildman–Crippen LogP) is 1.24. The van der Waals surface area contributed by atoms with Gasteiger partial charge in [0, 0.05) is 11.3 Å². The highest BCUT2D eigenvalue weighted by molar-refractivity contribution is 8.02. The topological polar surface area (TPSA) is 43.1 Å². The summed E-state index contributed by atoms with van der Waals surface area (Å²) in [6, 6.07) is 0. The van der Waals surface area contributed by atoms with Gasteiger partial charge in [0.15, 0.2) is 0 Å². The number of nitro groups is 1. The van der Waals surface area contributed by atoms with Gasteiger partial charge in [-0.1, -0.05) is 17.8 Å². The van der Waals surface area contributed by atoms with Crippen LogP contribution in [0.25, 0.3) is 0 Å². The molecule has 0 fully saturated rings. The van der Waals surface area contributed by atoms with Crippen molar-refractivity contribution >= 4 is 11.8 Å². The van der Waals surface area contributed by atoms with Crippen LogP contribution in [0.4, 0.5) is 0 Å². The zero-order valence-corrected chi connectivity index (χ0v) is 4.93. The van der Waals surface area contributed by atoms with Crippen LogP contribution in [0.15, 0.2) is 11.5 Å². The van der Waals surface area contributed by atoms with E-state index in [-0.39, 0.29) is 4.92 Å². The fourth-order valence-corrected chi connectivity index (χ4v) is 1.23. The van der Waals surface area contributed by atoms with Crippen molar-refractivity contribution in [3.63, 3.8) is 0 Å². The minimum absolute atomic E-state index is 0.259. The van der Waals surface area contributed by atoms with Crippen molar-refractivity contribution in [3.8, 4) is 0 Å². The third kappa shape index (κ3) is 1.01. The molecule has 0 N–H and O–H groups in total. The van der Waals surface area contributed by atoms with Crippen molar-refractivity contribution in [2.45, 2.75) is 11.8 Å². The molecule has 0 saturated heterocycles. The van der Waals surface area contributed by atoms with E-state index in [0.717, 1.165) is 0 Å². The molecule has 1 aliphatic heterocycles. The number of hydrogen-bond donors (Lipinski definition) is 0. The van der Waals surface area contributed by atoms with Crippen molar-refractivity contribution in [2.75, 3.05) is 0 Å². The Bertz CT molecular complexity index is 126. The maximum Gasteiger partial charge on any atom is 0.265 e. The zero-order chi connectivity index (χ0) is 5.98. The summed E-state index contributed by atoms with van der Waals surface area (Å²) in [6.45, 7) is 0. The first kappa shape index (κ1) is 5.62. The Morgan fingerprint density at radius 2 is 2.62 bits per heavy atom. The summed E-state index contributed by atoms with van der Waals surface area (Å²) in [5.41, 5.74) is 0. The van der Waals surface area contributed by atoms with Gasteiger partial charge in [-0.25, -0.2) is 0 Å². The average molecular weight is 131 g/mol. The lowest BCUT2D eigenvalue weighted by Gasteiger charge is -1.94. The summed E-state index contributed by atoms with van der Waals surface area (Å²) < 4.78 is 0. The number of thioether (sulfide) groups is 1. The van der Waals surface area contributed by atoms with Gasteiger partial charge >= 0.3 is 0 Å². The summed E-state index contributed by atoms with van der Waals surface area (Å²) in [7, 11) is 0. The SMILES string of the molecule is O=[N+]([O-])C1CC=CS1. The lowest BCUT2D eigenvalue weighted by atomic mass is 10.4. The van der Waals surface area contributed by atoms with E-state index in [1.54, 1.807) is 5.41 Å². The molecular weight excluding hydrogens is 126 g/mol. The molecule has 0 aromatic rings. The fourth-order valence-electron chi connectivity index (χ4n) is 0.510. The average Bonchev–Trinajstić information content (AvgIpc) is 2.12. The number of rotatable bonds is 1. The zero-order valence-electron chi connectivity index (χ0n) is 4.11. The molecule has 8 heavy (non-hydrogen) atoms. The smallest absolute Gasteiger partial charge is 0.263 e. The van der Waals surface area contributed by atoms with Crippen LogP contribution < -0.4 is 0 Å². The first-order chi connectivity index (χ1) is 3.80. The Kier molecular flexibility index (Phi) is 1.53. The van der Waals surface area contributed by atoms with E-state index in [2.05, 4.69) is 0 Å². The van der Waals surface area contributed by atoms with Crippen molar-refractivity contribution in [3.05, 3.63) is 21.6 Å². The molecule has 1 heterocycles. The Labute approximate surface area is 50.9 Å². The molecule has 0 amide bonds. The van der Waals surface area contributed by atoms with E-state index in [9.17, 15) is 10.1 Å². The number of hydrogen-bond acceptors (Lipinski definition) is 3. The molecule has 0 bridgehead atoms. The van der Waals surface area contributed by atoms with Crippen LogP contribution in [0.3, 0.4) is 0 Å². The molecule has 0 spiro atoms. The van der Waals surface area contributed by atoms with Gasteiger partial charge in [0.2, 0.25) is 0 Å². The fraction of sp³-hybridized carbons (Fsp3) is 0.500. The molecule has 1 aliphatic rings. The van der Waals surface area contributed by atoms with E-state index in [1.807, 2.05) is 6.08 Å². The van der Waals surface area contributed by atoms with E-state index in [4.69, 9.17) is 0 Å². The molecule has 0 saturated carbocycles. The second kappa shape index (κ2) is 2.17. The van der Waals surface area contributed by atoms with Crippen LogP contribution >= 0.6 is 11.8 Å². The molecule has 1 rings (SSSR count). The normalized spacial score (nSPS) is 26.2. The third-order valence-electron chi connectivity index (χ3n) is 0.905. The highest BCUT2D eigenvalue weighted by Gasteiger charge is 2.20.